The summed E-state index contributed by atoms with van der Waals surface area (Å²) in [6, 6.07) is 13.3. The number of rotatable bonds is 6. The first-order valence-electron chi connectivity index (χ1n) is 12.2. The van der Waals surface area contributed by atoms with Crippen LogP contribution in [0.3, 0.4) is 0 Å². The molecule has 1 saturated carbocycles. The lowest BCUT2D eigenvalue weighted by molar-refractivity contribution is -0.138. The molecular formula is C28H27F6N3O. The third-order valence-electron chi connectivity index (χ3n) is 6.82. The van der Waals surface area contributed by atoms with E-state index in [4.69, 9.17) is 0 Å². The fourth-order valence-corrected chi connectivity index (χ4v) is 5.02. The minimum Gasteiger partial charge on any atom is -0.335 e. The lowest BCUT2D eigenvalue weighted by Gasteiger charge is -2.37. The van der Waals surface area contributed by atoms with Crippen LogP contribution in [-0.2, 0) is 24.3 Å². The van der Waals surface area contributed by atoms with Gasteiger partial charge in [-0.3, -0.25) is 4.98 Å². The van der Waals surface area contributed by atoms with Gasteiger partial charge in [-0.1, -0.05) is 55.3 Å². The highest BCUT2D eigenvalue weighted by Crippen LogP contribution is 2.39. The van der Waals surface area contributed by atoms with Crippen LogP contribution in [-0.4, -0.2) is 17.1 Å². The highest BCUT2D eigenvalue weighted by atomic mass is 19.4. The molecule has 1 fully saturated rings. The van der Waals surface area contributed by atoms with Crippen molar-refractivity contribution in [1.82, 2.24) is 15.6 Å². The zero-order valence-corrected chi connectivity index (χ0v) is 20.6. The molecule has 2 aromatic carbocycles. The van der Waals surface area contributed by atoms with Crippen molar-refractivity contribution in [1.29, 1.82) is 0 Å². The molecule has 0 bridgehead atoms. The lowest BCUT2D eigenvalue weighted by Crippen LogP contribution is -2.54. The van der Waals surface area contributed by atoms with E-state index in [2.05, 4.69) is 15.6 Å². The summed E-state index contributed by atoms with van der Waals surface area (Å²) in [7, 11) is 0. The van der Waals surface area contributed by atoms with E-state index in [1.165, 1.54) is 19.1 Å². The summed E-state index contributed by atoms with van der Waals surface area (Å²) < 4.78 is 81.6. The van der Waals surface area contributed by atoms with Crippen LogP contribution in [0.5, 0.6) is 0 Å². The summed E-state index contributed by atoms with van der Waals surface area (Å²) in [5, 5.41) is 5.73. The maximum atomic E-state index is 13.7. The van der Waals surface area contributed by atoms with Gasteiger partial charge < -0.3 is 10.6 Å². The molecule has 1 heterocycles. The van der Waals surface area contributed by atoms with Crippen molar-refractivity contribution < 1.29 is 31.1 Å². The quantitative estimate of drug-likeness (QED) is 0.329. The third-order valence-corrected chi connectivity index (χ3v) is 6.82. The molecule has 0 radical (unpaired) electrons. The van der Waals surface area contributed by atoms with Crippen LogP contribution in [0.15, 0.2) is 66.9 Å². The van der Waals surface area contributed by atoms with E-state index in [1.807, 2.05) is 0 Å². The molecule has 2 amide bonds. The molecule has 1 aromatic heterocycles. The van der Waals surface area contributed by atoms with Gasteiger partial charge in [0.15, 0.2) is 0 Å². The fraction of sp³-hybridized carbons (Fsp3) is 0.357. The van der Waals surface area contributed by atoms with E-state index in [-0.39, 0.29) is 29.3 Å². The number of nitrogens with one attached hydrogen (secondary N) is 2. The zero-order valence-electron chi connectivity index (χ0n) is 20.6. The van der Waals surface area contributed by atoms with Gasteiger partial charge in [-0.15, -0.1) is 0 Å². The second-order valence-electron chi connectivity index (χ2n) is 9.61. The molecule has 10 heteroatoms. The minimum absolute atomic E-state index is 0.0234. The number of pyridine rings is 1. The smallest absolute Gasteiger partial charge is 0.335 e. The number of benzene rings is 2. The average molecular weight is 536 g/mol. The molecule has 202 valence electrons. The van der Waals surface area contributed by atoms with Crippen molar-refractivity contribution in [2.75, 3.05) is 0 Å². The van der Waals surface area contributed by atoms with Gasteiger partial charge in [0.05, 0.1) is 16.8 Å². The van der Waals surface area contributed by atoms with E-state index in [1.54, 1.807) is 30.3 Å². The molecule has 1 aliphatic rings. The largest absolute Gasteiger partial charge is 0.417 e. The van der Waals surface area contributed by atoms with Gasteiger partial charge in [0.1, 0.15) is 5.54 Å². The van der Waals surface area contributed by atoms with Crippen molar-refractivity contribution in [2.24, 2.45) is 0 Å². The number of aromatic nitrogens is 1. The Morgan fingerprint density at radius 2 is 1.50 bits per heavy atom. The fourth-order valence-electron chi connectivity index (χ4n) is 5.02. The topological polar surface area (TPSA) is 54.0 Å². The van der Waals surface area contributed by atoms with Crippen molar-refractivity contribution in [3.63, 3.8) is 0 Å². The average Bonchev–Trinajstić information content (AvgIpc) is 3.36. The van der Waals surface area contributed by atoms with Gasteiger partial charge >= 0.3 is 18.4 Å². The van der Waals surface area contributed by atoms with Crippen molar-refractivity contribution in [2.45, 2.75) is 63.0 Å². The van der Waals surface area contributed by atoms with Crippen molar-refractivity contribution >= 4 is 6.03 Å². The first-order valence-corrected chi connectivity index (χ1v) is 12.2. The van der Waals surface area contributed by atoms with Crippen molar-refractivity contribution in [3.8, 4) is 0 Å². The minimum atomic E-state index is -4.68. The van der Waals surface area contributed by atoms with Crippen LogP contribution in [0.4, 0.5) is 31.1 Å². The van der Waals surface area contributed by atoms with Gasteiger partial charge in [-0.25, -0.2) is 4.79 Å². The summed E-state index contributed by atoms with van der Waals surface area (Å²) in [5.41, 5.74) is -2.86. The van der Waals surface area contributed by atoms with Gasteiger partial charge in [0, 0.05) is 18.7 Å². The van der Waals surface area contributed by atoms with E-state index in [0.29, 0.717) is 11.8 Å². The molecule has 38 heavy (non-hydrogen) atoms. The number of hydrogen-bond donors (Lipinski definition) is 2. The molecule has 1 aliphatic carbocycles. The Balaban J connectivity index is 1.92. The molecule has 1 unspecified atom stereocenters. The molecule has 0 saturated heterocycles. The highest BCUT2D eigenvalue weighted by Gasteiger charge is 2.42. The number of nitrogens with zero attached hydrogens (tertiary/aromatic N) is 1. The monoisotopic (exact) mass is 535 g/mol. The molecule has 4 rings (SSSR count). The SMILES string of the molecule is Cc1cc(C(F)(F)F)cnc1C(Cc1ccccc1)(NC(=O)NC1CCCC1)c1cccc(C(F)(F)F)c1. The Hall–Kier alpha value is -3.56. The third kappa shape index (κ3) is 6.11. The summed E-state index contributed by atoms with van der Waals surface area (Å²) in [5.74, 6) is 0. The Morgan fingerprint density at radius 1 is 0.868 bits per heavy atom. The van der Waals surface area contributed by atoms with Crippen LogP contribution < -0.4 is 10.6 Å². The molecule has 3 aromatic rings. The number of hydrogen-bond acceptors (Lipinski definition) is 2. The van der Waals surface area contributed by atoms with Crippen LogP contribution >= 0.6 is 0 Å². The lowest BCUT2D eigenvalue weighted by atomic mass is 9.78. The van der Waals surface area contributed by atoms with Gasteiger partial charge in [-0.2, -0.15) is 26.3 Å². The maximum Gasteiger partial charge on any atom is 0.417 e. The molecular weight excluding hydrogens is 508 g/mol. The van der Waals surface area contributed by atoms with Gasteiger partial charge in [-0.05, 0) is 54.7 Å². The second kappa shape index (κ2) is 10.7. The Bertz CT molecular complexity index is 1270. The summed E-state index contributed by atoms with van der Waals surface area (Å²) in [4.78, 5) is 17.4. The summed E-state index contributed by atoms with van der Waals surface area (Å²) in [6.45, 7) is 1.40. The van der Waals surface area contributed by atoms with Crippen LogP contribution in [0.2, 0.25) is 0 Å². The zero-order chi connectivity index (χ0) is 27.6. The first-order chi connectivity index (χ1) is 17.9. The van der Waals surface area contributed by atoms with Gasteiger partial charge in [0.25, 0.3) is 0 Å². The van der Waals surface area contributed by atoms with E-state index < -0.39 is 35.0 Å². The number of carbonyl (C=O) groups is 1. The Morgan fingerprint density at radius 3 is 2.11 bits per heavy atom. The maximum absolute atomic E-state index is 13.7. The predicted molar refractivity (Wildman–Crippen MR) is 130 cm³/mol. The molecule has 0 aliphatic heterocycles. The number of amides is 2. The Labute approximate surface area is 216 Å². The Kier molecular flexibility index (Phi) is 7.71. The second-order valence-corrected chi connectivity index (χ2v) is 9.61. The number of urea groups is 1. The van der Waals surface area contributed by atoms with Crippen LogP contribution in [0.1, 0.15) is 59.2 Å². The molecule has 1 atom stereocenters. The van der Waals surface area contributed by atoms with E-state index >= 15 is 0 Å². The summed E-state index contributed by atoms with van der Waals surface area (Å²) in [6.07, 6.45) is -5.34. The van der Waals surface area contributed by atoms with E-state index in [9.17, 15) is 31.1 Å². The van der Waals surface area contributed by atoms with Crippen molar-refractivity contribution in [3.05, 3.63) is 100 Å². The molecule has 2 N–H and O–H groups in total. The first kappa shape index (κ1) is 27.5. The number of carbonyl (C=O) groups excluding carboxylic acids is 1. The summed E-state index contributed by atoms with van der Waals surface area (Å²) >= 11 is 0. The predicted octanol–water partition coefficient (Wildman–Crippen LogP) is 7.16. The standard InChI is InChI=1S/C28H27F6N3O/c1-18-14-22(28(32,33)34)17-35-24(18)26(16-19-8-3-2-4-9-19,37-25(38)36-23-12-5-6-13-23)20-10-7-11-21(15-20)27(29,30)31/h2-4,7-11,14-15,17,23H,5-6,12-13,16H2,1H3,(H2,36,37,38). The number of halogens is 6. The molecule has 4 nitrogen and oxygen atoms in total. The van der Waals surface area contributed by atoms with Crippen LogP contribution in [0.25, 0.3) is 0 Å². The van der Waals surface area contributed by atoms with Crippen LogP contribution in [0, 0.1) is 6.92 Å². The van der Waals surface area contributed by atoms with E-state index in [0.717, 1.165) is 43.9 Å². The van der Waals surface area contributed by atoms with Gasteiger partial charge in [0.2, 0.25) is 0 Å². The normalized spacial score (nSPS) is 16.2. The molecule has 0 spiro atoms. The number of aryl methyl sites for hydroxylation is 1. The highest BCUT2D eigenvalue weighted by molar-refractivity contribution is 5.76. The number of alkyl halides is 6.